The van der Waals surface area contributed by atoms with Crippen LogP contribution < -0.4 is 10.4 Å². The van der Waals surface area contributed by atoms with E-state index in [1.807, 2.05) is 22.7 Å². The third kappa shape index (κ3) is 5.28. The smallest absolute Gasteiger partial charge is 0.0440 e. The molecule has 9 rings (SSSR count). The quantitative estimate of drug-likeness (QED) is 0.159. The first-order valence-corrected chi connectivity index (χ1v) is 19.1. The fraction of sp³-hybridized carbons (Fsp3) is 0.0833. The minimum absolute atomic E-state index is 0.969. The second kappa shape index (κ2) is 12.9. The van der Waals surface area contributed by atoms with Gasteiger partial charge in [-0.3, -0.25) is 0 Å². The summed E-state index contributed by atoms with van der Waals surface area (Å²) in [4.78, 5) is 0. The van der Waals surface area contributed by atoms with Gasteiger partial charge in [-0.25, -0.2) is 0 Å². The highest BCUT2D eigenvalue weighted by molar-refractivity contribution is 7.27. The van der Waals surface area contributed by atoms with Gasteiger partial charge in [0.2, 0.25) is 0 Å². The summed E-state index contributed by atoms with van der Waals surface area (Å²) in [6.07, 6.45) is 24.2. The van der Waals surface area contributed by atoms with E-state index in [4.69, 9.17) is 0 Å². The lowest BCUT2D eigenvalue weighted by Crippen LogP contribution is -2.29. The maximum Gasteiger partial charge on any atom is 0.0440 e. The molecule has 0 nitrogen and oxygen atoms in total. The monoisotopic (exact) mass is 676 g/mol. The van der Waals surface area contributed by atoms with Crippen molar-refractivity contribution in [1.82, 2.24) is 0 Å². The van der Waals surface area contributed by atoms with Gasteiger partial charge in [0.25, 0.3) is 0 Å². The fourth-order valence-corrected chi connectivity index (χ4v) is 10.1. The van der Waals surface area contributed by atoms with Crippen molar-refractivity contribution in [2.75, 3.05) is 0 Å². The molecule has 2 aliphatic carbocycles. The Morgan fingerprint density at radius 1 is 0.580 bits per heavy atom. The molecule has 0 unspecified atom stereocenters. The molecule has 0 atom stereocenters. The van der Waals surface area contributed by atoms with Crippen LogP contribution in [-0.4, -0.2) is 0 Å². The van der Waals surface area contributed by atoms with Crippen molar-refractivity contribution in [3.63, 3.8) is 0 Å². The molecule has 0 bridgehead atoms. The van der Waals surface area contributed by atoms with E-state index < -0.39 is 0 Å². The van der Waals surface area contributed by atoms with E-state index in [0.29, 0.717) is 0 Å². The average Bonchev–Trinajstić information content (AvgIpc) is 3.75. The highest BCUT2D eigenvalue weighted by Gasteiger charge is 2.19. The van der Waals surface area contributed by atoms with Crippen LogP contribution in [0.15, 0.2) is 176 Å². The molecule has 50 heavy (non-hydrogen) atoms. The first-order chi connectivity index (χ1) is 24.7. The Morgan fingerprint density at radius 3 is 2.08 bits per heavy atom. The van der Waals surface area contributed by atoms with Crippen LogP contribution in [0.2, 0.25) is 0 Å². The molecule has 0 radical (unpaired) electrons. The van der Waals surface area contributed by atoms with Gasteiger partial charge in [-0.1, -0.05) is 141 Å². The number of allylic oxidation sites excluding steroid dienone is 12. The van der Waals surface area contributed by atoms with Gasteiger partial charge in [0.1, 0.15) is 0 Å². The molecule has 2 aromatic heterocycles. The van der Waals surface area contributed by atoms with Gasteiger partial charge in [0.15, 0.2) is 0 Å². The second-order valence-corrected chi connectivity index (χ2v) is 15.3. The summed E-state index contributed by atoms with van der Waals surface area (Å²) in [5, 5.41) is 10.4. The van der Waals surface area contributed by atoms with Crippen LogP contribution in [0, 0.1) is 0 Å². The van der Waals surface area contributed by atoms with E-state index in [9.17, 15) is 0 Å². The van der Waals surface area contributed by atoms with Crippen molar-refractivity contribution < 1.29 is 0 Å². The third-order valence-corrected chi connectivity index (χ3v) is 12.5. The highest BCUT2D eigenvalue weighted by atomic mass is 32.1. The van der Waals surface area contributed by atoms with Crippen molar-refractivity contribution in [3.8, 4) is 0 Å². The molecular weight excluding hydrogens is 641 g/mol. The van der Waals surface area contributed by atoms with Crippen LogP contribution in [-0.2, 0) is 0 Å². The zero-order valence-electron chi connectivity index (χ0n) is 27.9. The third-order valence-electron chi connectivity index (χ3n) is 10.1. The molecule has 2 heterocycles. The SMILES string of the molecule is C=C(/C=C\C(=C)C1=c2cccc/c2=C(c2cc3c(ccc4c5ccccc5sc43)c3c2sc2ccccc23)/C=C/CCC=C1)C1=CC=CCC1. The predicted octanol–water partition coefficient (Wildman–Crippen LogP) is 12.8. The lowest BCUT2D eigenvalue weighted by molar-refractivity contribution is 0.979. The number of hydrogen-bond acceptors (Lipinski definition) is 2. The molecule has 2 aliphatic rings. The van der Waals surface area contributed by atoms with E-state index >= 15 is 0 Å². The zero-order chi connectivity index (χ0) is 33.6. The van der Waals surface area contributed by atoms with Gasteiger partial charge in [-0.05, 0) is 87.6 Å². The van der Waals surface area contributed by atoms with Gasteiger partial charge in [0.05, 0.1) is 0 Å². The minimum Gasteiger partial charge on any atom is -0.135 e. The predicted molar refractivity (Wildman–Crippen MR) is 223 cm³/mol. The number of rotatable bonds is 5. The van der Waals surface area contributed by atoms with Gasteiger partial charge < -0.3 is 0 Å². The molecule has 0 spiro atoms. The standard InChI is InChI=1S/C48H36S2/c1-31(33-16-6-5-7-17-33)26-27-32(2)34-18-8-3-4-9-19-37(36-21-11-10-20-35(34)36)42-30-43-39(46-41-23-13-15-25-45(41)50-48(42)46)28-29-40-38-22-12-14-24-44(38)49-47(40)43/h5-6,8-16,18-30H,1-4,7,17H2/b18-8?,19-9+,27-26-,35-34?,37-36+. The Morgan fingerprint density at radius 2 is 1.26 bits per heavy atom. The first-order valence-electron chi connectivity index (χ1n) is 17.4. The number of hydrogen-bond donors (Lipinski definition) is 0. The Bertz CT molecular complexity index is 2840. The lowest BCUT2D eigenvalue weighted by atomic mass is 9.92. The second-order valence-electron chi connectivity index (χ2n) is 13.2. The summed E-state index contributed by atoms with van der Waals surface area (Å²) in [6.45, 7) is 9.01. The van der Waals surface area contributed by atoms with E-state index in [0.717, 1.165) is 42.4 Å². The van der Waals surface area contributed by atoms with Crippen molar-refractivity contribution >= 4 is 84.9 Å². The van der Waals surface area contributed by atoms with Crippen molar-refractivity contribution in [1.29, 1.82) is 0 Å². The molecule has 0 amide bonds. The van der Waals surface area contributed by atoms with E-state index in [-0.39, 0.29) is 0 Å². The molecule has 2 heteroatoms. The number of benzene rings is 5. The highest BCUT2D eigenvalue weighted by Crippen LogP contribution is 2.46. The number of thiophene rings is 2. The van der Waals surface area contributed by atoms with Crippen LogP contribution in [0.25, 0.3) is 62.3 Å². The van der Waals surface area contributed by atoms with Crippen molar-refractivity contribution in [3.05, 3.63) is 192 Å². The maximum atomic E-state index is 4.62. The van der Waals surface area contributed by atoms with Crippen LogP contribution in [0.5, 0.6) is 0 Å². The normalized spacial score (nSPS) is 16.9. The summed E-state index contributed by atoms with van der Waals surface area (Å²) in [6, 6.07) is 33.8. The zero-order valence-corrected chi connectivity index (χ0v) is 29.5. The molecular formula is C48H36S2. The van der Waals surface area contributed by atoms with Crippen LogP contribution in [0.3, 0.4) is 0 Å². The minimum atomic E-state index is 0.969. The van der Waals surface area contributed by atoms with Crippen LogP contribution in [0.4, 0.5) is 0 Å². The summed E-state index contributed by atoms with van der Waals surface area (Å²) < 4.78 is 5.35. The number of fused-ring (bicyclic) bond motifs is 10. The molecule has 0 saturated carbocycles. The van der Waals surface area contributed by atoms with Crippen molar-refractivity contribution in [2.45, 2.75) is 25.7 Å². The first kappa shape index (κ1) is 30.8. The van der Waals surface area contributed by atoms with Gasteiger partial charge in [-0.15, -0.1) is 22.7 Å². The molecule has 0 N–H and O–H groups in total. The molecule has 5 aromatic carbocycles. The summed E-state index contributed by atoms with van der Waals surface area (Å²) in [5.41, 5.74) is 7.03. The summed E-state index contributed by atoms with van der Waals surface area (Å²) >= 11 is 3.83. The Balaban J connectivity index is 1.36. The maximum absolute atomic E-state index is 4.62. The fourth-order valence-electron chi connectivity index (χ4n) is 7.59. The Labute approximate surface area is 300 Å². The van der Waals surface area contributed by atoms with E-state index in [1.54, 1.807) is 0 Å². The average molecular weight is 677 g/mol. The summed E-state index contributed by atoms with van der Waals surface area (Å²) in [7, 11) is 0. The van der Waals surface area contributed by atoms with Gasteiger partial charge in [0, 0.05) is 51.3 Å². The molecule has 240 valence electrons. The largest absolute Gasteiger partial charge is 0.135 e. The molecule has 0 aliphatic heterocycles. The molecule has 0 fully saturated rings. The Kier molecular flexibility index (Phi) is 7.92. The lowest BCUT2D eigenvalue weighted by Gasteiger charge is -2.13. The topological polar surface area (TPSA) is 0 Å². The molecule has 7 aromatic rings. The Hall–Kier alpha value is -5.28. The van der Waals surface area contributed by atoms with Gasteiger partial charge in [-0.2, -0.15) is 0 Å². The van der Waals surface area contributed by atoms with Crippen LogP contribution in [0.1, 0.15) is 31.2 Å². The van der Waals surface area contributed by atoms with Gasteiger partial charge >= 0.3 is 0 Å². The van der Waals surface area contributed by atoms with Crippen LogP contribution >= 0.6 is 22.7 Å². The van der Waals surface area contributed by atoms with E-state index in [1.165, 1.54) is 78.3 Å². The summed E-state index contributed by atoms with van der Waals surface area (Å²) in [5.74, 6) is 0. The van der Waals surface area contributed by atoms with Crippen molar-refractivity contribution in [2.24, 2.45) is 0 Å². The molecule has 0 saturated heterocycles. The van der Waals surface area contributed by atoms with E-state index in [2.05, 4.69) is 159 Å².